The first-order chi connectivity index (χ1) is 14.8. The largest absolute Gasteiger partial charge is 0.455 e. The Balaban J connectivity index is 1.61. The fourth-order valence-electron chi connectivity index (χ4n) is 4.10. The van der Waals surface area contributed by atoms with Gasteiger partial charge in [-0.15, -0.1) is 0 Å². The molecule has 1 aromatic rings. The molecule has 0 bridgehead atoms. The molecule has 0 saturated carbocycles. The number of rotatable bonds is 6. The quantitative estimate of drug-likeness (QED) is 0.605. The highest BCUT2D eigenvalue weighted by Gasteiger charge is 2.32. The molecule has 5 nitrogen and oxygen atoms in total. The molecule has 0 N–H and O–H groups in total. The molecule has 1 aromatic carbocycles. The van der Waals surface area contributed by atoms with Gasteiger partial charge in [0.25, 0.3) is 0 Å². The second kappa shape index (κ2) is 9.10. The van der Waals surface area contributed by atoms with Gasteiger partial charge in [0.2, 0.25) is 10.0 Å². The van der Waals surface area contributed by atoms with Crippen molar-refractivity contribution in [1.29, 1.82) is 0 Å². The summed E-state index contributed by atoms with van der Waals surface area (Å²) in [6, 6.07) is 4.58. The molecule has 0 amide bonds. The van der Waals surface area contributed by atoms with Gasteiger partial charge < -0.3 is 9.64 Å². The van der Waals surface area contributed by atoms with E-state index >= 15 is 0 Å². The number of halogens is 1. The number of thioether (sulfide) groups is 1. The Morgan fingerprint density at radius 3 is 2.68 bits per heavy atom. The Bertz CT molecular complexity index is 1050. The van der Waals surface area contributed by atoms with Gasteiger partial charge in [0, 0.05) is 25.7 Å². The lowest BCUT2D eigenvalue weighted by Gasteiger charge is -2.31. The molecule has 3 aliphatic rings. The topological polar surface area (TPSA) is 49.9 Å². The molecule has 1 fully saturated rings. The lowest BCUT2D eigenvalue weighted by Crippen LogP contribution is -2.33. The first-order valence-electron chi connectivity index (χ1n) is 10.7. The number of nitrogens with zero attached hydrogens (tertiary/aromatic N) is 2. The third-order valence-corrected chi connectivity index (χ3v) is 9.55. The van der Waals surface area contributed by atoms with Crippen LogP contribution in [0.3, 0.4) is 0 Å². The summed E-state index contributed by atoms with van der Waals surface area (Å²) < 4.78 is 46.7. The number of benzene rings is 1. The van der Waals surface area contributed by atoms with Gasteiger partial charge >= 0.3 is 0 Å². The normalized spacial score (nSPS) is 20.2. The number of ether oxygens (including phenoxy) is 1. The first kappa shape index (κ1) is 22.6. The molecule has 0 radical (unpaired) electrons. The molecule has 4 rings (SSSR count). The Hall–Kier alpha value is -1.61. The molecular weight excluding hydrogens is 435 g/mol. The maximum Gasteiger partial charge on any atom is 0.248 e. The Labute approximate surface area is 188 Å². The van der Waals surface area contributed by atoms with Crippen LogP contribution in [-0.2, 0) is 10.0 Å². The van der Waals surface area contributed by atoms with Gasteiger partial charge in [-0.1, -0.05) is 18.7 Å². The number of likely N-dealkylation sites (tertiary alicyclic amines) is 1. The summed E-state index contributed by atoms with van der Waals surface area (Å²) in [5, 5.41) is 0. The summed E-state index contributed by atoms with van der Waals surface area (Å²) in [7, 11) is -0.490. The number of hydrogen-bond acceptors (Lipinski definition) is 5. The summed E-state index contributed by atoms with van der Waals surface area (Å²) in [5.74, 6) is 1.53. The predicted molar refractivity (Wildman–Crippen MR) is 124 cm³/mol. The highest BCUT2D eigenvalue weighted by Crippen LogP contribution is 2.49. The molecule has 3 aliphatic heterocycles. The molecule has 0 aliphatic carbocycles. The van der Waals surface area contributed by atoms with Gasteiger partial charge in [-0.25, -0.2) is 17.1 Å². The fraction of sp³-hybridized carbons (Fsp3) is 0.478. The van der Waals surface area contributed by atoms with Crippen molar-refractivity contribution in [2.45, 2.75) is 32.6 Å². The van der Waals surface area contributed by atoms with Crippen LogP contribution in [0.2, 0.25) is 0 Å². The zero-order valence-corrected chi connectivity index (χ0v) is 19.9. The third kappa shape index (κ3) is 4.77. The van der Waals surface area contributed by atoms with Gasteiger partial charge in [-0.3, -0.25) is 0 Å². The van der Waals surface area contributed by atoms with E-state index in [0.29, 0.717) is 11.5 Å². The number of piperidine rings is 1. The minimum absolute atomic E-state index is 0.271. The van der Waals surface area contributed by atoms with Crippen LogP contribution in [0, 0.1) is 11.7 Å². The van der Waals surface area contributed by atoms with Crippen LogP contribution in [0.25, 0.3) is 5.57 Å². The molecule has 0 unspecified atom stereocenters. The molecule has 8 heteroatoms. The molecule has 31 heavy (non-hydrogen) atoms. The van der Waals surface area contributed by atoms with Gasteiger partial charge in [0.05, 0.1) is 4.91 Å². The lowest BCUT2D eigenvalue weighted by molar-refractivity contribution is 0.191. The summed E-state index contributed by atoms with van der Waals surface area (Å²) in [6.45, 7) is 5.57. The predicted octanol–water partition coefficient (Wildman–Crippen LogP) is 4.80. The van der Waals surface area contributed by atoms with Crippen molar-refractivity contribution in [3.8, 4) is 5.75 Å². The van der Waals surface area contributed by atoms with E-state index in [2.05, 4.69) is 11.8 Å². The summed E-state index contributed by atoms with van der Waals surface area (Å²) in [5.41, 5.74) is 1.87. The van der Waals surface area contributed by atoms with E-state index in [1.54, 1.807) is 18.2 Å². The van der Waals surface area contributed by atoms with E-state index < -0.39 is 10.0 Å². The van der Waals surface area contributed by atoms with Crippen LogP contribution in [0.4, 0.5) is 4.39 Å². The molecule has 0 aromatic heterocycles. The van der Waals surface area contributed by atoms with Crippen molar-refractivity contribution < 1.29 is 17.5 Å². The maximum atomic E-state index is 13.9. The average molecular weight is 465 g/mol. The van der Waals surface area contributed by atoms with Crippen molar-refractivity contribution in [3.05, 3.63) is 56.6 Å². The minimum atomic E-state index is -3.55. The van der Waals surface area contributed by atoms with Crippen molar-refractivity contribution >= 4 is 27.4 Å². The SMILES string of the molecule is CC1CCN(CCCC2=C3SC(S(=O)(=O)N(C)C)=CC=C3Oc3cc(F)ccc32)CC1. The van der Waals surface area contributed by atoms with Crippen molar-refractivity contribution in [3.63, 3.8) is 0 Å². The van der Waals surface area contributed by atoms with E-state index in [4.69, 9.17) is 4.74 Å². The first-order valence-corrected chi connectivity index (χ1v) is 13.0. The lowest BCUT2D eigenvalue weighted by atomic mass is 9.95. The summed E-state index contributed by atoms with van der Waals surface area (Å²) >= 11 is 1.22. The number of fused-ring (bicyclic) bond motifs is 2. The highest BCUT2D eigenvalue weighted by molar-refractivity contribution is 8.20. The number of allylic oxidation sites excluding steroid dienone is 3. The van der Waals surface area contributed by atoms with E-state index in [1.165, 1.54) is 55.1 Å². The van der Waals surface area contributed by atoms with E-state index in [-0.39, 0.29) is 10.1 Å². The number of sulfonamides is 1. The Kier molecular flexibility index (Phi) is 6.62. The van der Waals surface area contributed by atoms with E-state index in [1.807, 2.05) is 0 Å². The van der Waals surface area contributed by atoms with Crippen LogP contribution in [0.15, 0.2) is 45.3 Å². The van der Waals surface area contributed by atoms with Crippen molar-refractivity contribution in [1.82, 2.24) is 9.21 Å². The maximum absolute atomic E-state index is 13.9. The van der Waals surface area contributed by atoms with Gasteiger partial charge in [-0.05, 0) is 81.1 Å². The number of hydrogen-bond donors (Lipinski definition) is 0. The molecular formula is C23H29FN2O3S2. The molecule has 3 heterocycles. The van der Waals surface area contributed by atoms with E-state index in [9.17, 15) is 12.8 Å². The second-order valence-corrected chi connectivity index (χ2v) is 12.0. The van der Waals surface area contributed by atoms with Crippen molar-refractivity contribution in [2.24, 2.45) is 5.92 Å². The highest BCUT2D eigenvalue weighted by atomic mass is 32.3. The monoisotopic (exact) mass is 464 g/mol. The zero-order chi connectivity index (χ0) is 22.2. The van der Waals surface area contributed by atoms with Crippen LogP contribution in [0.1, 0.15) is 38.2 Å². The minimum Gasteiger partial charge on any atom is -0.455 e. The van der Waals surface area contributed by atoms with Crippen LogP contribution >= 0.6 is 11.8 Å². The van der Waals surface area contributed by atoms with Gasteiger partial charge in [0.1, 0.15) is 21.6 Å². The molecule has 168 valence electrons. The van der Waals surface area contributed by atoms with Crippen LogP contribution in [0.5, 0.6) is 5.75 Å². The van der Waals surface area contributed by atoms with E-state index in [0.717, 1.165) is 54.4 Å². The third-order valence-electron chi connectivity index (χ3n) is 6.07. The smallest absolute Gasteiger partial charge is 0.248 e. The molecule has 1 saturated heterocycles. The molecule has 0 spiro atoms. The van der Waals surface area contributed by atoms with Crippen molar-refractivity contribution in [2.75, 3.05) is 33.7 Å². The average Bonchev–Trinajstić information content (AvgIpc) is 2.74. The summed E-state index contributed by atoms with van der Waals surface area (Å²) in [6.07, 6.45) is 7.46. The van der Waals surface area contributed by atoms with Gasteiger partial charge in [-0.2, -0.15) is 0 Å². The Morgan fingerprint density at radius 2 is 1.97 bits per heavy atom. The Morgan fingerprint density at radius 1 is 1.23 bits per heavy atom. The summed E-state index contributed by atoms with van der Waals surface area (Å²) in [4.78, 5) is 3.32. The molecule has 0 atom stereocenters. The zero-order valence-electron chi connectivity index (χ0n) is 18.2. The second-order valence-electron chi connectivity index (χ2n) is 8.58. The van der Waals surface area contributed by atoms with Crippen LogP contribution in [-0.4, -0.2) is 51.4 Å². The van der Waals surface area contributed by atoms with Gasteiger partial charge in [0.15, 0.2) is 0 Å². The standard InChI is InChI=1S/C23H29FN2O3S2/c1-16-10-13-26(14-11-16)12-4-5-19-18-7-6-17(24)15-21(18)29-20-8-9-22(30-23(19)20)31(27,28)25(2)3/h6-9,15-16H,4-5,10-14H2,1-3H3. The van der Waals surface area contributed by atoms with Crippen LogP contribution < -0.4 is 4.74 Å². The fourth-order valence-corrected chi connectivity index (χ4v) is 6.70.